The molecule has 1 aliphatic heterocycles. The van der Waals surface area contributed by atoms with E-state index in [0.717, 1.165) is 12.2 Å². The molecule has 1 aromatic carbocycles. The number of benzene rings is 1. The van der Waals surface area contributed by atoms with Gasteiger partial charge in [0.1, 0.15) is 11.4 Å². The summed E-state index contributed by atoms with van der Waals surface area (Å²) in [7, 11) is 1.65. The van der Waals surface area contributed by atoms with Crippen LogP contribution >= 0.6 is 0 Å². The fourth-order valence-corrected chi connectivity index (χ4v) is 3.29. The van der Waals surface area contributed by atoms with Gasteiger partial charge in [-0.15, -0.1) is 0 Å². The number of carbonyl (C=O) groups excluding carboxylic acids is 2. The third-order valence-electron chi connectivity index (χ3n) is 4.59. The summed E-state index contributed by atoms with van der Waals surface area (Å²) < 4.78 is 5.31. The molecular weight excluding hydrogens is 318 g/mol. The van der Waals surface area contributed by atoms with Gasteiger partial charge in [0.05, 0.1) is 12.7 Å². The van der Waals surface area contributed by atoms with Crippen LogP contribution < -0.4 is 10.5 Å². The Labute approximate surface area is 146 Å². The van der Waals surface area contributed by atoms with E-state index >= 15 is 0 Å². The second kappa shape index (κ2) is 6.93. The Balaban J connectivity index is 1.89. The fourth-order valence-electron chi connectivity index (χ4n) is 3.29. The zero-order valence-corrected chi connectivity index (χ0v) is 14.4. The summed E-state index contributed by atoms with van der Waals surface area (Å²) in [5.41, 5.74) is 8.03. The summed E-state index contributed by atoms with van der Waals surface area (Å²) in [6.07, 6.45) is 2.21. The number of nitrogens with two attached hydrogens (primary N) is 1. The van der Waals surface area contributed by atoms with E-state index in [4.69, 9.17) is 10.5 Å². The minimum absolute atomic E-state index is 0.0172. The molecule has 1 aromatic heterocycles. The number of nitrogens with zero attached hydrogens (tertiary/aromatic N) is 2. The first-order valence-electron chi connectivity index (χ1n) is 8.22. The standard InChI is InChI=1S/C19H21N3O3/c1-12-11-22(9-7-13-5-6-14(25-2)10-16(12)13)19(24)15-4-3-8-21-17(15)18(20)23/h3-6,8,10,12H,7,9,11H2,1-2H3,(H2,20,23). The van der Waals surface area contributed by atoms with Crippen LogP contribution in [0.15, 0.2) is 36.5 Å². The highest BCUT2D eigenvalue weighted by Gasteiger charge is 2.27. The van der Waals surface area contributed by atoms with E-state index in [2.05, 4.69) is 18.0 Å². The lowest BCUT2D eigenvalue weighted by Gasteiger charge is -2.23. The number of amides is 2. The first kappa shape index (κ1) is 17.0. The second-order valence-electron chi connectivity index (χ2n) is 6.23. The molecule has 3 rings (SSSR count). The summed E-state index contributed by atoms with van der Waals surface area (Å²) in [4.78, 5) is 30.2. The van der Waals surface area contributed by atoms with Gasteiger partial charge in [-0.2, -0.15) is 0 Å². The van der Waals surface area contributed by atoms with E-state index in [-0.39, 0.29) is 23.1 Å². The zero-order valence-electron chi connectivity index (χ0n) is 14.4. The number of hydrogen-bond donors (Lipinski definition) is 1. The second-order valence-corrected chi connectivity index (χ2v) is 6.23. The topological polar surface area (TPSA) is 85.5 Å². The lowest BCUT2D eigenvalue weighted by atomic mass is 9.95. The van der Waals surface area contributed by atoms with Crippen molar-refractivity contribution < 1.29 is 14.3 Å². The molecular formula is C19H21N3O3. The average Bonchev–Trinajstić information content (AvgIpc) is 2.79. The van der Waals surface area contributed by atoms with Crippen LogP contribution in [0, 0.1) is 0 Å². The van der Waals surface area contributed by atoms with E-state index in [9.17, 15) is 9.59 Å². The van der Waals surface area contributed by atoms with Crippen LogP contribution in [0.25, 0.3) is 0 Å². The number of hydrogen-bond acceptors (Lipinski definition) is 4. The van der Waals surface area contributed by atoms with E-state index < -0.39 is 5.91 Å². The minimum atomic E-state index is -0.695. The van der Waals surface area contributed by atoms with E-state index in [0.29, 0.717) is 13.1 Å². The number of ether oxygens (including phenoxy) is 1. The summed E-state index contributed by atoms with van der Waals surface area (Å²) in [5.74, 6) is 0.0623. The molecule has 0 bridgehead atoms. The van der Waals surface area contributed by atoms with Crippen LogP contribution in [-0.2, 0) is 6.42 Å². The van der Waals surface area contributed by atoms with E-state index in [1.807, 2.05) is 12.1 Å². The third kappa shape index (κ3) is 3.33. The summed E-state index contributed by atoms with van der Waals surface area (Å²) in [6, 6.07) is 9.27. The van der Waals surface area contributed by atoms with E-state index in [1.54, 1.807) is 24.1 Å². The average molecular weight is 339 g/mol. The normalized spacial score (nSPS) is 16.7. The lowest BCUT2D eigenvalue weighted by Crippen LogP contribution is -2.35. The number of carbonyl (C=O) groups is 2. The van der Waals surface area contributed by atoms with Crippen molar-refractivity contribution in [2.45, 2.75) is 19.3 Å². The molecule has 2 N–H and O–H groups in total. The highest BCUT2D eigenvalue weighted by Crippen LogP contribution is 2.29. The van der Waals surface area contributed by atoms with Crippen LogP contribution in [0.2, 0.25) is 0 Å². The fraction of sp³-hybridized carbons (Fsp3) is 0.316. The Morgan fingerprint density at radius 1 is 1.32 bits per heavy atom. The molecule has 1 unspecified atom stereocenters. The first-order valence-corrected chi connectivity index (χ1v) is 8.22. The largest absolute Gasteiger partial charge is 0.497 e. The van der Waals surface area contributed by atoms with Crippen molar-refractivity contribution in [3.05, 3.63) is 58.9 Å². The maximum atomic E-state index is 13.0. The van der Waals surface area contributed by atoms with Gasteiger partial charge in [0, 0.05) is 19.3 Å². The molecule has 0 spiro atoms. The van der Waals surface area contributed by atoms with Crippen LogP contribution in [0.1, 0.15) is 44.8 Å². The Kier molecular flexibility index (Phi) is 4.70. The molecule has 6 nitrogen and oxygen atoms in total. The third-order valence-corrected chi connectivity index (χ3v) is 4.59. The van der Waals surface area contributed by atoms with Gasteiger partial charge in [0.25, 0.3) is 11.8 Å². The summed E-state index contributed by atoms with van der Waals surface area (Å²) in [5, 5.41) is 0. The number of aromatic nitrogens is 1. The number of rotatable bonds is 3. The molecule has 0 fully saturated rings. The van der Waals surface area contributed by atoms with Crippen LogP contribution in [0.3, 0.4) is 0 Å². The van der Waals surface area contributed by atoms with Crippen molar-refractivity contribution >= 4 is 11.8 Å². The SMILES string of the molecule is COc1ccc2c(c1)C(C)CN(C(=O)c1cccnc1C(N)=O)CC2. The van der Waals surface area contributed by atoms with Crippen molar-refractivity contribution in [1.82, 2.24) is 9.88 Å². The maximum absolute atomic E-state index is 13.0. The Morgan fingerprint density at radius 2 is 2.12 bits per heavy atom. The Bertz CT molecular complexity index is 819. The van der Waals surface area contributed by atoms with Gasteiger partial charge in [0.2, 0.25) is 0 Å². The molecule has 0 aliphatic carbocycles. The Morgan fingerprint density at radius 3 is 2.84 bits per heavy atom. The lowest BCUT2D eigenvalue weighted by molar-refractivity contribution is 0.0748. The molecule has 2 aromatic rings. The molecule has 2 amide bonds. The minimum Gasteiger partial charge on any atom is -0.497 e. The molecule has 1 aliphatic rings. The maximum Gasteiger partial charge on any atom is 0.268 e. The molecule has 1 atom stereocenters. The molecule has 0 saturated heterocycles. The first-order chi connectivity index (χ1) is 12.0. The molecule has 2 heterocycles. The quantitative estimate of drug-likeness (QED) is 0.927. The highest BCUT2D eigenvalue weighted by atomic mass is 16.5. The van der Waals surface area contributed by atoms with Gasteiger partial charge in [-0.1, -0.05) is 13.0 Å². The zero-order chi connectivity index (χ0) is 18.0. The molecule has 6 heteroatoms. The van der Waals surface area contributed by atoms with E-state index in [1.165, 1.54) is 17.3 Å². The predicted octanol–water partition coefficient (Wildman–Crippen LogP) is 1.99. The smallest absolute Gasteiger partial charge is 0.268 e. The van der Waals surface area contributed by atoms with Crippen molar-refractivity contribution in [2.24, 2.45) is 5.73 Å². The molecule has 130 valence electrons. The molecule has 25 heavy (non-hydrogen) atoms. The number of methoxy groups -OCH3 is 1. The summed E-state index contributed by atoms with van der Waals surface area (Å²) in [6.45, 7) is 3.23. The van der Waals surface area contributed by atoms with Crippen molar-refractivity contribution in [2.75, 3.05) is 20.2 Å². The van der Waals surface area contributed by atoms with Crippen molar-refractivity contribution in [3.63, 3.8) is 0 Å². The van der Waals surface area contributed by atoms with Gasteiger partial charge in [0.15, 0.2) is 0 Å². The summed E-state index contributed by atoms with van der Waals surface area (Å²) >= 11 is 0. The van der Waals surface area contributed by atoms with Gasteiger partial charge in [-0.25, -0.2) is 0 Å². The number of pyridine rings is 1. The number of fused-ring (bicyclic) bond motifs is 1. The number of primary amides is 1. The van der Waals surface area contributed by atoms with Gasteiger partial charge in [-0.3, -0.25) is 14.6 Å². The van der Waals surface area contributed by atoms with Crippen LogP contribution in [0.5, 0.6) is 5.75 Å². The molecule has 0 saturated carbocycles. The highest BCUT2D eigenvalue weighted by molar-refractivity contribution is 6.05. The predicted molar refractivity (Wildman–Crippen MR) is 93.8 cm³/mol. The van der Waals surface area contributed by atoms with Crippen molar-refractivity contribution in [3.8, 4) is 5.75 Å². The van der Waals surface area contributed by atoms with Crippen LogP contribution in [0.4, 0.5) is 0 Å². The van der Waals surface area contributed by atoms with Gasteiger partial charge in [-0.05, 0) is 47.7 Å². The van der Waals surface area contributed by atoms with Crippen molar-refractivity contribution in [1.29, 1.82) is 0 Å². The monoisotopic (exact) mass is 339 g/mol. The molecule has 0 radical (unpaired) electrons. The van der Waals surface area contributed by atoms with Crippen LogP contribution in [-0.4, -0.2) is 41.9 Å². The van der Waals surface area contributed by atoms with Gasteiger partial charge >= 0.3 is 0 Å². The Hall–Kier alpha value is -2.89. The van der Waals surface area contributed by atoms with Gasteiger partial charge < -0.3 is 15.4 Å².